The summed E-state index contributed by atoms with van der Waals surface area (Å²) in [5.74, 6) is 0.519. The van der Waals surface area contributed by atoms with Crippen molar-refractivity contribution in [2.45, 2.75) is 37.5 Å². The van der Waals surface area contributed by atoms with E-state index < -0.39 is 14.6 Å². The second-order valence-corrected chi connectivity index (χ2v) is 11.1. The number of hydrogen-bond acceptors (Lipinski definition) is 7. The molecule has 1 aromatic carbocycles. The number of benzene rings is 1. The van der Waals surface area contributed by atoms with Gasteiger partial charge in [0.05, 0.1) is 5.69 Å². The van der Waals surface area contributed by atoms with Crippen LogP contribution in [-0.2, 0) is 14.6 Å². The fourth-order valence-corrected chi connectivity index (χ4v) is 3.79. The highest BCUT2D eigenvalue weighted by Gasteiger charge is 2.34. The number of likely N-dealkylation sites (tertiary alicyclic amines) is 1. The monoisotopic (exact) mass is 446 g/mol. The third kappa shape index (κ3) is 5.50. The lowest BCUT2D eigenvalue weighted by Gasteiger charge is -2.29. The Labute approximate surface area is 183 Å². The average Bonchev–Trinajstić information content (AvgIpc) is 2.69. The van der Waals surface area contributed by atoms with Crippen LogP contribution in [0.4, 0.5) is 16.3 Å². The average molecular weight is 447 g/mol. The van der Waals surface area contributed by atoms with Gasteiger partial charge < -0.3 is 21.3 Å². The van der Waals surface area contributed by atoms with E-state index >= 15 is 0 Å². The second-order valence-electron chi connectivity index (χ2n) is 8.54. The molecule has 31 heavy (non-hydrogen) atoms. The van der Waals surface area contributed by atoms with Gasteiger partial charge in [-0.1, -0.05) is 0 Å². The first-order valence-corrected chi connectivity index (χ1v) is 12.1. The molecule has 2 amide bonds. The van der Waals surface area contributed by atoms with Crippen LogP contribution in [0.3, 0.4) is 0 Å². The minimum atomic E-state index is -3.41. The maximum Gasteiger partial charge on any atom is 0.319 e. The van der Waals surface area contributed by atoms with Crippen molar-refractivity contribution in [3.63, 3.8) is 0 Å². The van der Waals surface area contributed by atoms with Crippen molar-refractivity contribution in [3.8, 4) is 11.4 Å². The van der Waals surface area contributed by atoms with E-state index in [1.54, 1.807) is 38.1 Å². The third-order valence-corrected chi connectivity index (χ3v) is 7.81. The quantitative estimate of drug-likeness (QED) is 0.642. The van der Waals surface area contributed by atoms with Gasteiger partial charge in [-0.15, -0.1) is 0 Å². The number of nitrogens with two attached hydrogens (primary N) is 1. The van der Waals surface area contributed by atoms with E-state index in [0.29, 0.717) is 22.8 Å². The van der Waals surface area contributed by atoms with Crippen molar-refractivity contribution in [2.24, 2.45) is 0 Å². The molecule has 2 heterocycles. The number of carbonyl (C=O) groups is 1. The Morgan fingerprint density at radius 2 is 1.77 bits per heavy atom. The van der Waals surface area contributed by atoms with E-state index in [0.717, 1.165) is 25.9 Å². The fraction of sp³-hybridized carbons (Fsp3) is 0.476. The Morgan fingerprint density at radius 1 is 1.16 bits per heavy atom. The number of rotatable bonds is 5. The minimum absolute atomic E-state index is 0.174. The number of urea groups is 1. The number of carbonyl (C=O) groups excluding carboxylic acids is 1. The molecule has 10 heteroatoms. The Morgan fingerprint density at radius 3 is 2.35 bits per heavy atom. The zero-order chi connectivity index (χ0) is 22.8. The van der Waals surface area contributed by atoms with E-state index in [9.17, 15) is 13.2 Å². The molecule has 1 aliphatic heterocycles. The summed E-state index contributed by atoms with van der Waals surface area (Å²) in [6.45, 7) is 5.11. The summed E-state index contributed by atoms with van der Waals surface area (Å²) in [7, 11) is -1.33. The van der Waals surface area contributed by atoms with Crippen molar-refractivity contribution in [2.75, 3.05) is 37.4 Å². The molecule has 0 aliphatic carbocycles. The summed E-state index contributed by atoms with van der Waals surface area (Å²) in [5.41, 5.74) is 7.55. The van der Waals surface area contributed by atoms with Crippen molar-refractivity contribution < 1.29 is 13.2 Å². The number of nitrogens with zero attached hydrogens (tertiary/aromatic N) is 3. The minimum Gasteiger partial charge on any atom is -0.384 e. The van der Waals surface area contributed by atoms with E-state index in [1.165, 1.54) is 12.3 Å². The number of amides is 2. The Bertz CT molecular complexity index is 1050. The van der Waals surface area contributed by atoms with E-state index in [1.807, 2.05) is 0 Å². The number of aromatic nitrogens is 2. The molecule has 0 saturated carbocycles. The SMILES string of the molecule is CN1CCC(NC(=O)Nc2ccc(-c3nc(N)cc(C(C)(C)S(C)(=O)=O)n3)cc2)CC1. The Hall–Kier alpha value is -2.72. The van der Waals surface area contributed by atoms with Crippen LogP contribution in [-0.4, -0.2) is 61.8 Å². The Kier molecular flexibility index (Phi) is 6.51. The summed E-state index contributed by atoms with van der Waals surface area (Å²) in [4.78, 5) is 23.2. The second kappa shape index (κ2) is 8.80. The predicted molar refractivity (Wildman–Crippen MR) is 122 cm³/mol. The maximum absolute atomic E-state index is 12.3. The summed E-state index contributed by atoms with van der Waals surface area (Å²) in [5, 5.41) is 5.84. The largest absolute Gasteiger partial charge is 0.384 e. The van der Waals surface area contributed by atoms with Crippen LogP contribution >= 0.6 is 0 Å². The molecule has 0 radical (unpaired) electrons. The lowest BCUT2D eigenvalue weighted by atomic mass is 10.1. The van der Waals surface area contributed by atoms with Crippen molar-refractivity contribution in [1.29, 1.82) is 0 Å². The van der Waals surface area contributed by atoms with Gasteiger partial charge in [-0.2, -0.15) is 0 Å². The number of nitrogens with one attached hydrogen (secondary N) is 2. The van der Waals surface area contributed by atoms with Crippen LogP contribution < -0.4 is 16.4 Å². The highest BCUT2D eigenvalue weighted by Crippen LogP contribution is 2.30. The van der Waals surface area contributed by atoms with E-state index in [2.05, 4.69) is 32.5 Å². The molecular formula is C21H30N6O3S. The van der Waals surface area contributed by atoms with Crippen molar-refractivity contribution >= 4 is 27.4 Å². The standard InChI is InChI=1S/C21H30N6O3S/c1-21(2,31(4,29)30)17-13-18(22)26-19(25-17)14-5-7-15(8-6-14)23-20(28)24-16-9-11-27(3)12-10-16/h5-8,13,16H,9-12H2,1-4H3,(H2,22,25,26)(H2,23,24,28). The summed E-state index contributed by atoms with van der Waals surface area (Å²) >= 11 is 0. The number of anilines is 2. The van der Waals surface area contributed by atoms with E-state index in [4.69, 9.17) is 5.73 Å². The molecule has 9 nitrogen and oxygen atoms in total. The smallest absolute Gasteiger partial charge is 0.319 e. The normalized spacial score (nSPS) is 16.1. The van der Waals surface area contributed by atoms with Gasteiger partial charge in [-0.25, -0.2) is 23.2 Å². The highest BCUT2D eigenvalue weighted by molar-refractivity contribution is 7.91. The number of piperidine rings is 1. The van der Waals surface area contributed by atoms with Crippen LogP contribution in [0.15, 0.2) is 30.3 Å². The molecule has 0 spiro atoms. The highest BCUT2D eigenvalue weighted by atomic mass is 32.2. The van der Waals surface area contributed by atoms with Crippen molar-refractivity contribution in [1.82, 2.24) is 20.2 Å². The summed E-state index contributed by atoms with van der Waals surface area (Å²) in [6, 6.07) is 8.43. The van der Waals surface area contributed by atoms with Crippen LogP contribution in [0.5, 0.6) is 0 Å². The molecule has 0 bridgehead atoms. The topological polar surface area (TPSA) is 130 Å². The maximum atomic E-state index is 12.3. The van der Waals surface area contributed by atoms with Gasteiger partial charge in [0, 0.05) is 29.6 Å². The Balaban J connectivity index is 1.72. The molecule has 4 N–H and O–H groups in total. The molecule has 2 aromatic rings. The molecule has 1 fully saturated rings. The molecule has 0 atom stereocenters. The first kappa shape index (κ1) is 23.0. The number of sulfone groups is 1. The predicted octanol–water partition coefficient (Wildman–Crippen LogP) is 2.22. The molecule has 168 valence electrons. The lowest BCUT2D eigenvalue weighted by molar-refractivity contribution is 0.221. The fourth-order valence-electron chi connectivity index (χ4n) is 3.30. The van der Waals surface area contributed by atoms with Crippen LogP contribution in [0, 0.1) is 0 Å². The zero-order valence-corrected chi connectivity index (χ0v) is 19.2. The van der Waals surface area contributed by atoms with Gasteiger partial charge in [0.1, 0.15) is 10.6 Å². The molecule has 1 aliphatic rings. The van der Waals surface area contributed by atoms with Gasteiger partial charge in [-0.05, 0) is 71.1 Å². The lowest BCUT2D eigenvalue weighted by Crippen LogP contribution is -2.44. The van der Waals surface area contributed by atoms with Crippen LogP contribution in [0.1, 0.15) is 32.4 Å². The van der Waals surface area contributed by atoms with Gasteiger partial charge >= 0.3 is 6.03 Å². The molecular weight excluding hydrogens is 416 g/mol. The van der Waals surface area contributed by atoms with Crippen molar-refractivity contribution in [3.05, 3.63) is 36.0 Å². The number of hydrogen-bond donors (Lipinski definition) is 3. The third-order valence-electron chi connectivity index (χ3n) is 5.74. The zero-order valence-electron chi connectivity index (χ0n) is 18.3. The van der Waals surface area contributed by atoms with Crippen LogP contribution in [0.2, 0.25) is 0 Å². The summed E-state index contributed by atoms with van der Waals surface area (Å²) in [6.07, 6.45) is 3.03. The van der Waals surface area contributed by atoms with Gasteiger partial charge in [0.15, 0.2) is 15.7 Å². The first-order chi connectivity index (χ1) is 14.5. The molecule has 0 unspecified atom stereocenters. The summed E-state index contributed by atoms with van der Waals surface area (Å²) < 4.78 is 23.1. The molecule has 1 saturated heterocycles. The number of nitrogen functional groups attached to an aromatic ring is 1. The first-order valence-electron chi connectivity index (χ1n) is 10.2. The molecule has 3 rings (SSSR count). The molecule has 1 aromatic heterocycles. The van der Waals surface area contributed by atoms with Gasteiger partial charge in [0.25, 0.3) is 0 Å². The van der Waals surface area contributed by atoms with Crippen LogP contribution in [0.25, 0.3) is 11.4 Å². The van der Waals surface area contributed by atoms with Gasteiger partial charge in [0.2, 0.25) is 0 Å². The van der Waals surface area contributed by atoms with Gasteiger partial charge in [-0.3, -0.25) is 0 Å². The van der Waals surface area contributed by atoms with E-state index in [-0.39, 0.29) is 17.9 Å².